The van der Waals surface area contributed by atoms with Gasteiger partial charge >= 0.3 is 6.03 Å². The highest BCUT2D eigenvalue weighted by Crippen LogP contribution is 2.26. The summed E-state index contributed by atoms with van der Waals surface area (Å²) < 4.78 is 28.7. The van der Waals surface area contributed by atoms with Gasteiger partial charge in [-0.15, -0.1) is 11.3 Å². The monoisotopic (exact) mass is 639 g/mol. The Balaban J connectivity index is 1.63. The lowest BCUT2D eigenvalue weighted by atomic mass is 10.1. The van der Waals surface area contributed by atoms with Crippen LogP contribution in [0.1, 0.15) is 5.56 Å². The third kappa shape index (κ3) is 5.13. The summed E-state index contributed by atoms with van der Waals surface area (Å²) in [5.41, 5.74) is 1.60. The number of carbonyl (C=O) groups excluding carboxylic acids is 1. The third-order valence-electron chi connectivity index (χ3n) is 4.93. The molecule has 0 radical (unpaired) electrons. The Labute approximate surface area is 222 Å². The maximum atomic E-state index is 13.2. The fraction of sp³-hybridized carbons (Fsp3) is 0.0455. The van der Waals surface area contributed by atoms with Gasteiger partial charge in [-0.3, -0.25) is 9.36 Å². The Bertz CT molecular complexity index is 1690. The molecule has 2 aromatic heterocycles. The smallest absolute Gasteiger partial charge is 0.333 e. The number of nitrogens with zero attached hydrogens (tertiary/aromatic N) is 2. The quantitative estimate of drug-likeness (QED) is 0.271. The van der Waals surface area contributed by atoms with Gasteiger partial charge in [-0.05, 0) is 71.1 Å². The average molecular weight is 640 g/mol. The Kier molecular flexibility index (Phi) is 7.04. The van der Waals surface area contributed by atoms with E-state index >= 15 is 0 Å². The molecule has 0 aliphatic carbocycles. The van der Waals surface area contributed by atoms with E-state index in [2.05, 4.69) is 16.7 Å². The Morgan fingerprint density at radius 1 is 1.11 bits per heavy atom. The second-order valence-electron chi connectivity index (χ2n) is 7.12. The minimum atomic E-state index is -4.07. The van der Waals surface area contributed by atoms with E-state index < -0.39 is 16.1 Å². The van der Waals surface area contributed by atoms with Crippen molar-refractivity contribution >= 4 is 83.7 Å². The van der Waals surface area contributed by atoms with Gasteiger partial charge in [-0.25, -0.2) is 17.9 Å². The Hall–Kier alpha value is -3.12. The number of thiophene rings is 1. The van der Waals surface area contributed by atoms with Crippen LogP contribution in [0, 0.1) is 14.9 Å². The molecule has 0 aliphatic heterocycles. The fourth-order valence-electron chi connectivity index (χ4n) is 3.32. The number of nitriles is 1. The first-order valence-electron chi connectivity index (χ1n) is 9.79. The molecule has 0 bridgehead atoms. The molecule has 0 atom stereocenters. The average Bonchev–Trinajstić information content (AvgIpc) is 3.26. The Morgan fingerprint density at radius 2 is 1.86 bits per heavy atom. The summed E-state index contributed by atoms with van der Waals surface area (Å²) in [6.07, 6.45) is 1.47. The lowest BCUT2D eigenvalue weighted by Crippen LogP contribution is -2.34. The lowest BCUT2D eigenvalue weighted by Gasteiger charge is -2.13. The van der Waals surface area contributed by atoms with Crippen LogP contribution in [0.25, 0.3) is 16.5 Å². The van der Waals surface area contributed by atoms with Gasteiger partial charge < -0.3 is 10.6 Å². The molecule has 178 valence electrons. The van der Waals surface area contributed by atoms with Gasteiger partial charge in [0.2, 0.25) is 0 Å². The summed E-state index contributed by atoms with van der Waals surface area (Å²) in [7, 11) is -2.32. The predicted molar refractivity (Wildman–Crippen MR) is 145 cm³/mol. The summed E-state index contributed by atoms with van der Waals surface area (Å²) in [6, 6.07) is 13.8. The van der Waals surface area contributed by atoms with E-state index in [1.807, 2.05) is 27.3 Å². The van der Waals surface area contributed by atoms with Crippen molar-refractivity contribution in [3.63, 3.8) is 0 Å². The van der Waals surface area contributed by atoms with E-state index in [4.69, 9.17) is 11.6 Å². The molecule has 9 nitrogen and oxygen atoms in total. The van der Waals surface area contributed by atoms with Crippen LogP contribution in [0.4, 0.5) is 16.2 Å². The molecule has 0 saturated carbocycles. The number of rotatable bonds is 5. The Morgan fingerprint density at radius 3 is 2.49 bits per heavy atom. The van der Waals surface area contributed by atoms with E-state index in [0.29, 0.717) is 31.3 Å². The minimum absolute atomic E-state index is 0.0895. The topological polar surface area (TPSA) is 133 Å². The molecule has 4 aromatic rings. The van der Waals surface area contributed by atoms with E-state index in [1.54, 1.807) is 37.4 Å². The zero-order valence-electron chi connectivity index (χ0n) is 17.8. The molecule has 3 N–H and O–H groups in total. The molecule has 2 aromatic carbocycles. The van der Waals surface area contributed by atoms with Gasteiger partial charge in [-0.2, -0.15) is 5.26 Å². The van der Waals surface area contributed by atoms with Crippen LogP contribution in [0.2, 0.25) is 4.34 Å². The maximum Gasteiger partial charge on any atom is 0.333 e. The molecule has 0 saturated heterocycles. The van der Waals surface area contributed by atoms with Crippen molar-refractivity contribution in [2.24, 2.45) is 0 Å². The van der Waals surface area contributed by atoms with E-state index in [0.717, 1.165) is 17.0 Å². The molecule has 2 heterocycles. The SMILES string of the molecule is CNc1ccc2c(=O)n(-c3ccc(NC(=O)NS(=O)(=O)c4ccc(Cl)s4)cc3I)cc(C#N)c2c1. The molecular weight excluding hydrogens is 625 g/mol. The number of pyridine rings is 1. The van der Waals surface area contributed by atoms with Crippen LogP contribution in [-0.2, 0) is 10.0 Å². The number of anilines is 2. The van der Waals surface area contributed by atoms with Crippen LogP contribution in [-0.4, -0.2) is 26.1 Å². The number of fused-ring (bicyclic) bond motifs is 1. The van der Waals surface area contributed by atoms with Gasteiger partial charge in [0, 0.05) is 39.0 Å². The first-order valence-corrected chi connectivity index (χ1v) is 13.5. The van der Waals surface area contributed by atoms with Crippen LogP contribution < -0.4 is 20.9 Å². The van der Waals surface area contributed by atoms with Crippen molar-refractivity contribution in [3.8, 4) is 11.8 Å². The number of amides is 2. The van der Waals surface area contributed by atoms with E-state index in [-0.39, 0.29) is 14.1 Å². The molecule has 0 fully saturated rings. The normalized spacial score (nSPS) is 11.1. The second-order valence-corrected chi connectivity index (χ2v) is 11.9. The van der Waals surface area contributed by atoms with Crippen molar-refractivity contribution in [2.75, 3.05) is 17.7 Å². The zero-order valence-corrected chi connectivity index (χ0v) is 22.3. The minimum Gasteiger partial charge on any atom is -0.388 e. The van der Waals surface area contributed by atoms with Crippen LogP contribution in [0.3, 0.4) is 0 Å². The van der Waals surface area contributed by atoms with Gasteiger partial charge in [0.25, 0.3) is 15.6 Å². The summed E-state index contributed by atoms with van der Waals surface area (Å²) in [6.45, 7) is 0. The van der Waals surface area contributed by atoms with Crippen LogP contribution >= 0.6 is 45.5 Å². The number of carbonyl (C=O) groups is 1. The molecular formula is C22H15ClIN5O4S2. The standard InChI is InChI=1S/C22H15ClIN5O4S2/c1-26-13-2-4-15-16(8-13)12(10-25)11-29(21(15)30)18-5-3-14(9-17(18)24)27-22(31)28-35(32,33)20-7-6-19(23)34-20/h2-9,11,26H,1H3,(H2,27,28,31). The molecule has 2 amide bonds. The van der Waals surface area contributed by atoms with Crippen molar-refractivity contribution in [2.45, 2.75) is 4.21 Å². The summed E-state index contributed by atoms with van der Waals surface area (Å²) >= 11 is 8.59. The first-order chi connectivity index (χ1) is 16.6. The lowest BCUT2D eigenvalue weighted by molar-refractivity contribution is 0.256. The van der Waals surface area contributed by atoms with Crippen LogP contribution in [0.5, 0.6) is 0 Å². The molecule has 0 spiro atoms. The number of nitrogens with one attached hydrogen (secondary N) is 3. The molecule has 0 aliphatic rings. The molecule has 13 heteroatoms. The molecule has 4 rings (SSSR count). The van der Waals surface area contributed by atoms with Crippen molar-refractivity contribution in [1.82, 2.24) is 9.29 Å². The number of hydrogen-bond donors (Lipinski definition) is 3. The highest BCUT2D eigenvalue weighted by atomic mass is 127. The molecule has 0 unspecified atom stereocenters. The number of sulfonamides is 1. The highest BCUT2D eigenvalue weighted by Gasteiger charge is 2.20. The predicted octanol–water partition coefficient (Wildman–Crippen LogP) is 4.73. The highest BCUT2D eigenvalue weighted by molar-refractivity contribution is 14.1. The third-order valence-corrected chi connectivity index (χ3v) is 8.85. The van der Waals surface area contributed by atoms with Crippen LogP contribution in [0.15, 0.2) is 63.7 Å². The van der Waals surface area contributed by atoms with E-state index in [1.165, 1.54) is 29.0 Å². The summed E-state index contributed by atoms with van der Waals surface area (Å²) in [5, 5.41) is 16.0. The number of halogens is 2. The largest absolute Gasteiger partial charge is 0.388 e. The summed E-state index contributed by atoms with van der Waals surface area (Å²) in [5.74, 6) is 0. The van der Waals surface area contributed by atoms with Gasteiger partial charge in [-0.1, -0.05) is 11.6 Å². The van der Waals surface area contributed by atoms with Gasteiger partial charge in [0.1, 0.15) is 10.3 Å². The number of benzene rings is 2. The number of hydrogen-bond acceptors (Lipinski definition) is 7. The number of aromatic nitrogens is 1. The fourth-order valence-corrected chi connectivity index (χ4v) is 6.48. The maximum absolute atomic E-state index is 13.2. The zero-order chi connectivity index (χ0) is 25.3. The molecule has 35 heavy (non-hydrogen) atoms. The first kappa shape index (κ1) is 25.0. The van der Waals surface area contributed by atoms with E-state index in [9.17, 15) is 23.3 Å². The van der Waals surface area contributed by atoms with Crippen molar-refractivity contribution in [1.29, 1.82) is 5.26 Å². The van der Waals surface area contributed by atoms with Crippen molar-refractivity contribution in [3.05, 3.63) is 78.6 Å². The van der Waals surface area contributed by atoms with Gasteiger partial charge in [0.05, 0.1) is 15.6 Å². The van der Waals surface area contributed by atoms with Crippen molar-refractivity contribution < 1.29 is 13.2 Å². The summed E-state index contributed by atoms with van der Waals surface area (Å²) in [4.78, 5) is 25.5. The van der Waals surface area contributed by atoms with Gasteiger partial charge in [0.15, 0.2) is 0 Å². The second kappa shape index (κ2) is 9.86. The number of urea groups is 1.